The molecule has 7 nitrogen and oxygen atoms in total. The Morgan fingerprint density at radius 1 is 0.697 bits per heavy atom. The molecular weight excluding hydrogens is 418 g/mol. The summed E-state index contributed by atoms with van der Waals surface area (Å²) in [6.07, 6.45) is -0.818. The summed E-state index contributed by atoms with van der Waals surface area (Å²) in [5.41, 5.74) is 7.80. The molecule has 0 fully saturated rings. The quantitative estimate of drug-likeness (QED) is 0.476. The monoisotopic (exact) mass is 445 g/mol. The van der Waals surface area contributed by atoms with Crippen LogP contribution in [0.3, 0.4) is 0 Å². The van der Waals surface area contributed by atoms with Crippen molar-refractivity contribution in [2.75, 3.05) is 5.32 Å². The summed E-state index contributed by atoms with van der Waals surface area (Å²) in [5.74, 6) is -0.680. The van der Waals surface area contributed by atoms with Crippen molar-refractivity contribution < 1.29 is 19.1 Å². The predicted molar refractivity (Wildman–Crippen MR) is 127 cm³/mol. The summed E-state index contributed by atoms with van der Waals surface area (Å²) in [6.45, 7) is 5.19. The highest BCUT2D eigenvalue weighted by atomic mass is 16.5. The predicted octanol–water partition coefficient (Wildman–Crippen LogP) is 4.18. The fourth-order valence-electron chi connectivity index (χ4n) is 2.90. The second kappa shape index (κ2) is 10.9. The van der Waals surface area contributed by atoms with Crippen LogP contribution in [0.2, 0.25) is 0 Å². The minimum atomic E-state index is -0.818. The summed E-state index contributed by atoms with van der Waals surface area (Å²) in [5, 5.41) is 2.75. The average Bonchev–Trinajstić information content (AvgIpc) is 2.83. The molecule has 0 aliphatic rings. The van der Waals surface area contributed by atoms with Gasteiger partial charge in [-0.1, -0.05) is 56.3 Å². The van der Waals surface area contributed by atoms with Crippen molar-refractivity contribution in [2.45, 2.75) is 26.9 Å². The molecule has 0 heterocycles. The highest BCUT2D eigenvalue weighted by Crippen LogP contribution is 2.22. The second-order valence-corrected chi connectivity index (χ2v) is 7.82. The minimum Gasteiger partial charge on any atom is -0.481 e. The van der Waals surface area contributed by atoms with Gasteiger partial charge in [0.1, 0.15) is 5.75 Å². The van der Waals surface area contributed by atoms with Crippen molar-refractivity contribution in [3.8, 4) is 16.9 Å². The van der Waals surface area contributed by atoms with Gasteiger partial charge < -0.3 is 10.1 Å². The summed E-state index contributed by atoms with van der Waals surface area (Å²) in [6, 6.07) is 23.7. The number of carbonyl (C=O) groups excluding carboxylic acids is 3. The van der Waals surface area contributed by atoms with Crippen LogP contribution in [0.5, 0.6) is 5.75 Å². The molecule has 3 aromatic carbocycles. The standard InChI is InChI=1S/C26H27N3O4/c1-17(2)24(30)27-22-13-9-21(10-14-22)26(32)29-28-25(31)18(3)33-23-15-11-20(12-16-23)19-7-5-4-6-8-19/h4-18H,1-3H3,(H,27,30)(H,28,31)(H,29,32). The van der Waals surface area contributed by atoms with E-state index in [2.05, 4.69) is 16.2 Å². The molecule has 3 amide bonds. The van der Waals surface area contributed by atoms with E-state index in [-0.39, 0.29) is 11.8 Å². The summed E-state index contributed by atoms with van der Waals surface area (Å²) < 4.78 is 5.67. The lowest BCUT2D eigenvalue weighted by Gasteiger charge is -2.15. The van der Waals surface area contributed by atoms with Crippen molar-refractivity contribution >= 4 is 23.4 Å². The summed E-state index contributed by atoms with van der Waals surface area (Å²) >= 11 is 0. The fourth-order valence-corrected chi connectivity index (χ4v) is 2.90. The number of anilines is 1. The van der Waals surface area contributed by atoms with Gasteiger partial charge in [-0.15, -0.1) is 0 Å². The molecule has 1 unspecified atom stereocenters. The van der Waals surface area contributed by atoms with E-state index in [1.54, 1.807) is 57.2 Å². The van der Waals surface area contributed by atoms with Gasteiger partial charge in [-0.25, -0.2) is 0 Å². The van der Waals surface area contributed by atoms with Gasteiger partial charge in [0.2, 0.25) is 5.91 Å². The second-order valence-electron chi connectivity index (χ2n) is 7.82. The molecule has 0 radical (unpaired) electrons. The summed E-state index contributed by atoms with van der Waals surface area (Å²) in [7, 11) is 0. The number of ether oxygens (including phenoxy) is 1. The Labute approximate surface area is 193 Å². The van der Waals surface area contributed by atoms with Crippen LogP contribution < -0.4 is 20.9 Å². The molecule has 3 N–H and O–H groups in total. The third-order valence-electron chi connectivity index (χ3n) is 4.88. The zero-order valence-corrected chi connectivity index (χ0v) is 18.8. The van der Waals surface area contributed by atoms with E-state index in [1.807, 2.05) is 42.5 Å². The number of benzene rings is 3. The summed E-state index contributed by atoms with van der Waals surface area (Å²) in [4.78, 5) is 36.3. The van der Waals surface area contributed by atoms with Gasteiger partial charge >= 0.3 is 0 Å². The molecule has 0 saturated heterocycles. The first-order chi connectivity index (χ1) is 15.8. The molecule has 33 heavy (non-hydrogen) atoms. The topological polar surface area (TPSA) is 96.5 Å². The lowest BCUT2D eigenvalue weighted by molar-refractivity contribution is -0.128. The molecule has 0 aromatic heterocycles. The van der Waals surface area contributed by atoms with Gasteiger partial charge in [0, 0.05) is 17.2 Å². The Balaban J connectivity index is 1.48. The van der Waals surface area contributed by atoms with Gasteiger partial charge in [-0.3, -0.25) is 25.2 Å². The molecule has 0 aliphatic carbocycles. The Morgan fingerprint density at radius 2 is 1.30 bits per heavy atom. The smallest absolute Gasteiger partial charge is 0.279 e. The van der Waals surface area contributed by atoms with Gasteiger partial charge in [0.05, 0.1) is 0 Å². The van der Waals surface area contributed by atoms with Crippen LogP contribution in [0.4, 0.5) is 5.69 Å². The van der Waals surface area contributed by atoms with Crippen molar-refractivity contribution in [3.05, 3.63) is 84.4 Å². The van der Waals surface area contributed by atoms with Crippen molar-refractivity contribution in [1.82, 2.24) is 10.9 Å². The van der Waals surface area contributed by atoms with Crippen LogP contribution in [-0.4, -0.2) is 23.8 Å². The van der Waals surface area contributed by atoms with Gasteiger partial charge in [-0.2, -0.15) is 0 Å². The lowest BCUT2D eigenvalue weighted by Crippen LogP contribution is -2.47. The van der Waals surface area contributed by atoms with Crippen molar-refractivity contribution in [1.29, 1.82) is 0 Å². The molecular formula is C26H27N3O4. The zero-order chi connectivity index (χ0) is 23.8. The Hall–Kier alpha value is -4.13. The van der Waals surface area contributed by atoms with Crippen LogP contribution in [0, 0.1) is 5.92 Å². The number of rotatable bonds is 7. The number of hydrogen-bond acceptors (Lipinski definition) is 4. The van der Waals surface area contributed by atoms with E-state index in [1.165, 1.54) is 0 Å². The van der Waals surface area contributed by atoms with Crippen LogP contribution in [0.1, 0.15) is 31.1 Å². The third-order valence-corrected chi connectivity index (χ3v) is 4.88. The van der Waals surface area contributed by atoms with E-state index >= 15 is 0 Å². The molecule has 3 aromatic rings. The Morgan fingerprint density at radius 3 is 1.91 bits per heavy atom. The highest BCUT2D eigenvalue weighted by Gasteiger charge is 2.16. The minimum absolute atomic E-state index is 0.108. The van der Waals surface area contributed by atoms with Gasteiger partial charge in [0.15, 0.2) is 6.10 Å². The molecule has 1 atom stereocenters. The molecule has 170 valence electrons. The normalized spacial score (nSPS) is 11.4. The van der Waals surface area contributed by atoms with Crippen molar-refractivity contribution in [2.24, 2.45) is 5.92 Å². The lowest BCUT2D eigenvalue weighted by atomic mass is 10.1. The molecule has 0 bridgehead atoms. The Kier molecular flexibility index (Phi) is 7.81. The first-order valence-electron chi connectivity index (χ1n) is 10.7. The van der Waals surface area contributed by atoms with E-state index in [0.717, 1.165) is 11.1 Å². The fraction of sp³-hybridized carbons (Fsp3) is 0.192. The first-order valence-corrected chi connectivity index (χ1v) is 10.7. The van der Waals surface area contributed by atoms with Gasteiger partial charge in [-0.05, 0) is 54.4 Å². The molecule has 0 saturated carbocycles. The average molecular weight is 446 g/mol. The first kappa shape index (κ1) is 23.5. The SMILES string of the molecule is CC(C)C(=O)Nc1ccc(C(=O)NNC(=O)C(C)Oc2ccc(-c3ccccc3)cc2)cc1. The maximum absolute atomic E-state index is 12.3. The number of amides is 3. The molecule has 7 heteroatoms. The van der Waals surface area contributed by atoms with E-state index < -0.39 is 17.9 Å². The van der Waals surface area contributed by atoms with Crippen molar-refractivity contribution in [3.63, 3.8) is 0 Å². The molecule has 0 aliphatic heterocycles. The Bertz CT molecular complexity index is 1090. The van der Waals surface area contributed by atoms with E-state index in [9.17, 15) is 14.4 Å². The van der Waals surface area contributed by atoms with Gasteiger partial charge in [0.25, 0.3) is 11.8 Å². The van der Waals surface area contributed by atoms with Crippen LogP contribution in [0.25, 0.3) is 11.1 Å². The van der Waals surface area contributed by atoms with E-state index in [4.69, 9.17) is 4.74 Å². The van der Waals surface area contributed by atoms with Crippen LogP contribution in [-0.2, 0) is 9.59 Å². The largest absolute Gasteiger partial charge is 0.481 e. The number of carbonyl (C=O) groups is 3. The zero-order valence-electron chi connectivity index (χ0n) is 18.8. The third kappa shape index (κ3) is 6.67. The molecule has 0 spiro atoms. The number of nitrogens with one attached hydrogen (secondary N) is 3. The van der Waals surface area contributed by atoms with E-state index in [0.29, 0.717) is 17.0 Å². The molecule has 3 rings (SSSR count). The highest BCUT2D eigenvalue weighted by molar-refractivity contribution is 5.97. The maximum Gasteiger partial charge on any atom is 0.279 e. The number of hydrogen-bond donors (Lipinski definition) is 3. The number of hydrazine groups is 1. The maximum atomic E-state index is 12.3. The van der Waals surface area contributed by atoms with Crippen LogP contribution >= 0.6 is 0 Å². The van der Waals surface area contributed by atoms with Crippen LogP contribution in [0.15, 0.2) is 78.9 Å².